The minimum Gasteiger partial charge on any atom is -0.341 e. The second-order valence-electron chi connectivity index (χ2n) is 7.99. The van der Waals surface area contributed by atoms with Gasteiger partial charge < -0.3 is 10.2 Å². The van der Waals surface area contributed by atoms with Gasteiger partial charge in [0.1, 0.15) is 0 Å². The molecule has 0 aromatic heterocycles. The number of nitriles is 1. The predicted molar refractivity (Wildman–Crippen MR) is 116 cm³/mol. The molecule has 0 spiro atoms. The average molecular weight is 390 g/mol. The molecule has 0 bridgehead atoms. The number of carbonyl (C=O) groups excluding carboxylic acids is 1. The van der Waals surface area contributed by atoms with E-state index >= 15 is 0 Å². The molecule has 1 aliphatic rings. The maximum absolute atomic E-state index is 12.6. The van der Waals surface area contributed by atoms with Crippen LogP contribution in [0.5, 0.6) is 0 Å². The highest BCUT2D eigenvalue weighted by atomic mass is 16.2. The lowest BCUT2D eigenvalue weighted by molar-refractivity contribution is -0.130. The van der Waals surface area contributed by atoms with Crippen molar-refractivity contribution in [1.29, 1.82) is 5.26 Å². The first-order valence-corrected chi connectivity index (χ1v) is 10.7. The number of nitrogens with zero attached hydrogens (tertiary/aromatic N) is 2. The summed E-state index contributed by atoms with van der Waals surface area (Å²) in [5.74, 6) is 0.245. The molecule has 0 unspecified atom stereocenters. The molecular weight excluding hydrogens is 358 g/mol. The zero-order chi connectivity index (χ0) is 20.5. The number of hydrogen-bond donors (Lipinski definition) is 1. The number of likely N-dealkylation sites (tertiary alicyclic amines) is 1. The van der Waals surface area contributed by atoms with E-state index in [1.807, 2.05) is 23.1 Å². The normalized spacial score (nSPS) is 17.1. The van der Waals surface area contributed by atoms with E-state index in [2.05, 4.69) is 54.7 Å². The van der Waals surface area contributed by atoms with E-state index < -0.39 is 0 Å². The molecule has 0 radical (unpaired) electrons. The maximum atomic E-state index is 12.6. The van der Waals surface area contributed by atoms with Crippen LogP contribution < -0.4 is 5.32 Å². The van der Waals surface area contributed by atoms with Gasteiger partial charge in [0.25, 0.3) is 0 Å². The SMILES string of the molecule is Cc1ccc([C@@H](CCCC#N)N[C@@H]2CCN(C(=O)CCc3ccccc3)C2)cc1. The van der Waals surface area contributed by atoms with Gasteiger partial charge in [-0.1, -0.05) is 60.2 Å². The van der Waals surface area contributed by atoms with Crippen molar-refractivity contribution < 1.29 is 4.79 Å². The zero-order valence-corrected chi connectivity index (χ0v) is 17.3. The molecule has 29 heavy (non-hydrogen) atoms. The average Bonchev–Trinajstić information content (AvgIpc) is 3.21. The fourth-order valence-corrected chi connectivity index (χ4v) is 3.99. The van der Waals surface area contributed by atoms with Gasteiger partial charge in [-0.3, -0.25) is 4.79 Å². The van der Waals surface area contributed by atoms with Crippen molar-refractivity contribution in [2.24, 2.45) is 0 Å². The van der Waals surface area contributed by atoms with Crippen LogP contribution in [0.1, 0.15) is 54.8 Å². The van der Waals surface area contributed by atoms with Crippen LogP contribution in [-0.4, -0.2) is 29.9 Å². The molecule has 2 atom stereocenters. The zero-order valence-electron chi connectivity index (χ0n) is 17.3. The Hall–Kier alpha value is -2.64. The summed E-state index contributed by atoms with van der Waals surface area (Å²) in [5, 5.41) is 12.7. The summed E-state index contributed by atoms with van der Waals surface area (Å²) >= 11 is 0. The van der Waals surface area contributed by atoms with Crippen molar-refractivity contribution in [2.75, 3.05) is 13.1 Å². The Morgan fingerprint density at radius 1 is 1.21 bits per heavy atom. The van der Waals surface area contributed by atoms with E-state index in [0.29, 0.717) is 18.9 Å². The molecule has 0 aliphatic carbocycles. The lowest BCUT2D eigenvalue weighted by Gasteiger charge is -2.24. The molecule has 1 saturated heterocycles. The second kappa shape index (κ2) is 10.8. The Kier molecular flexibility index (Phi) is 7.84. The molecule has 1 amide bonds. The summed E-state index contributed by atoms with van der Waals surface area (Å²) in [5.41, 5.74) is 3.73. The van der Waals surface area contributed by atoms with E-state index in [9.17, 15) is 4.79 Å². The molecule has 152 valence electrons. The van der Waals surface area contributed by atoms with Gasteiger partial charge in [0.2, 0.25) is 5.91 Å². The fourth-order valence-electron chi connectivity index (χ4n) is 3.99. The highest BCUT2D eigenvalue weighted by molar-refractivity contribution is 5.76. The maximum Gasteiger partial charge on any atom is 0.222 e. The van der Waals surface area contributed by atoms with Crippen LogP contribution in [0.15, 0.2) is 54.6 Å². The predicted octanol–water partition coefficient (Wildman–Crippen LogP) is 4.55. The lowest BCUT2D eigenvalue weighted by Crippen LogP contribution is -2.37. The molecule has 2 aromatic rings. The molecule has 2 aromatic carbocycles. The fraction of sp³-hybridized carbons (Fsp3) is 0.440. The second-order valence-corrected chi connectivity index (χ2v) is 7.99. The van der Waals surface area contributed by atoms with Crippen molar-refractivity contribution in [3.63, 3.8) is 0 Å². The van der Waals surface area contributed by atoms with Crippen molar-refractivity contribution >= 4 is 5.91 Å². The number of benzene rings is 2. The minimum atomic E-state index is 0.230. The molecule has 0 saturated carbocycles. The molecule has 1 N–H and O–H groups in total. The van der Waals surface area contributed by atoms with Gasteiger partial charge >= 0.3 is 0 Å². The Morgan fingerprint density at radius 2 is 1.97 bits per heavy atom. The van der Waals surface area contributed by atoms with Gasteiger partial charge in [-0.2, -0.15) is 5.26 Å². The number of carbonyl (C=O) groups is 1. The quantitative estimate of drug-likeness (QED) is 0.640. The van der Waals surface area contributed by atoms with Crippen LogP contribution in [0.25, 0.3) is 0 Å². The highest BCUT2D eigenvalue weighted by Gasteiger charge is 2.27. The third-order valence-corrected chi connectivity index (χ3v) is 5.71. The van der Waals surface area contributed by atoms with Crippen molar-refractivity contribution in [3.05, 3.63) is 71.3 Å². The third kappa shape index (κ3) is 6.44. The van der Waals surface area contributed by atoms with Crippen LogP contribution in [-0.2, 0) is 11.2 Å². The Labute approximate surface area is 174 Å². The van der Waals surface area contributed by atoms with E-state index in [1.54, 1.807) is 0 Å². The molecule has 1 aliphatic heterocycles. The molecule has 4 nitrogen and oxygen atoms in total. The first-order chi connectivity index (χ1) is 14.2. The number of amides is 1. The summed E-state index contributed by atoms with van der Waals surface area (Å²) in [6, 6.07) is 21.6. The molecule has 4 heteroatoms. The molecular formula is C25H31N3O. The Balaban J connectivity index is 1.53. The van der Waals surface area contributed by atoms with Crippen LogP contribution in [0.4, 0.5) is 0 Å². The van der Waals surface area contributed by atoms with Crippen LogP contribution in [0.3, 0.4) is 0 Å². The summed E-state index contributed by atoms with van der Waals surface area (Å²) in [6.07, 6.45) is 4.76. The lowest BCUT2D eigenvalue weighted by atomic mass is 9.99. The standard InChI is InChI=1S/C25H31N3O/c1-20-10-13-22(14-11-20)24(9-5-6-17-26)27-23-16-18-28(19-23)25(29)15-12-21-7-3-2-4-8-21/h2-4,7-8,10-11,13-14,23-24,27H,5-6,9,12,15-16,18-19H2,1H3/t23-,24-/m1/s1. The van der Waals surface area contributed by atoms with E-state index in [4.69, 9.17) is 5.26 Å². The number of aryl methyl sites for hydroxylation is 2. The number of unbranched alkanes of at least 4 members (excludes halogenated alkanes) is 1. The first-order valence-electron chi connectivity index (χ1n) is 10.7. The first kappa shape index (κ1) is 21.1. The van der Waals surface area contributed by atoms with E-state index in [0.717, 1.165) is 38.8 Å². The largest absolute Gasteiger partial charge is 0.341 e. The third-order valence-electron chi connectivity index (χ3n) is 5.71. The van der Waals surface area contributed by atoms with Gasteiger partial charge in [-0.25, -0.2) is 0 Å². The van der Waals surface area contributed by atoms with Crippen LogP contribution >= 0.6 is 0 Å². The number of nitrogens with one attached hydrogen (secondary N) is 1. The Morgan fingerprint density at radius 3 is 2.69 bits per heavy atom. The molecule has 1 heterocycles. The summed E-state index contributed by atoms with van der Waals surface area (Å²) < 4.78 is 0. The van der Waals surface area contributed by atoms with Crippen molar-refractivity contribution in [2.45, 2.75) is 57.5 Å². The molecule has 3 rings (SSSR count). The van der Waals surface area contributed by atoms with E-state index in [-0.39, 0.29) is 11.9 Å². The van der Waals surface area contributed by atoms with Gasteiger partial charge in [0.05, 0.1) is 6.07 Å². The van der Waals surface area contributed by atoms with Crippen LogP contribution in [0, 0.1) is 18.3 Å². The summed E-state index contributed by atoms with van der Waals surface area (Å²) in [7, 11) is 0. The summed E-state index contributed by atoms with van der Waals surface area (Å²) in [4.78, 5) is 14.6. The van der Waals surface area contributed by atoms with Gasteiger partial charge in [0, 0.05) is 38.0 Å². The monoisotopic (exact) mass is 389 g/mol. The molecule has 1 fully saturated rings. The minimum absolute atomic E-state index is 0.230. The van der Waals surface area contributed by atoms with Crippen LogP contribution in [0.2, 0.25) is 0 Å². The van der Waals surface area contributed by atoms with Gasteiger partial charge in [-0.15, -0.1) is 0 Å². The number of hydrogen-bond acceptors (Lipinski definition) is 3. The van der Waals surface area contributed by atoms with Crippen molar-refractivity contribution in [3.8, 4) is 6.07 Å². The van der Waals surface area contributed by atoms with Gasteiger partial charge in [0.15, 0.2) is 0 Å². The topological polar surface area (TPSA) is 56.1 Å². The number of rotatable bonds is 9. The van der Waals surface area contributed by atoms with Gasteiger partial charge in [-0.05, 0) is 43.7 Å². The van der Waals surface area contributed by atoms with Crippen molar-refractivity contribution in [1.82, 2.24) is 10.2 Å². The summed E-state index contributed by atoms with van der Waals surface area (Å²) in [6.45, 7) is 3.69. The highest BCUT2D eigenvalue weighted by Crippen LogP contribution is 2.23. The Bertz CT molecular complexity index is 810. The van der Waals surface area contributed by atoms with E-state index in [1.165, 1.54) is 16.7 Å². The smallest absolute Gasteiger partial charge is 0.222 e.